The van der Waals surface area contributed by atoms with Gasteiger partial charge in [0.2, 0.25) is 0 Å². The zero-order valence-corrected chi connectivity index (χ0v) is 14.3. The van der Waals surface area contributed by atoms with Crippen molar-refractivity contribution in [3.63, 3.8) is 0 Å². The van der Waals surface area contributed by atoms with Gasteiger partial charge in [-0.05, 0) is 23.3 Å². The summed E-state index contributed by atoms with van der Waals surface area (Å²) in [4.78, 5) is 10.8. The van der Waals surface area contributed by atoms with Crippen LogP contribution in [0.3, 0.4) is 0 Å². The highest BCUT2D eigenvalue weighted by Crippen LogP contribution is 2.31. The van der Waals surface area contributed by atoms with Crippen LogP contribution in [0.1, 0.15) is 17.2 Å². The molecule has 118 valence electrons. The molecular weight excluding hydrogens is 399 g/mol. The first kappa shape index (κ1) is 18.2. The molecule has 0 fully saturated rings. The molecule has 0 bridgehead atoms. The fourth-order valence-corrected chi connectivity index (χ4v) is 1.85. The first-order valence-electron chi connectivity index (χ1n) is 6.37. The van der Waals surface area contributed by atoms with Crippen LogP contribution in [0.15, 0.2) is 48.5 Å². The summed E-state index contributed by atoms with van der Waals surface area (Å²) in [6.45, 7) is 0.323. The molecule has 2 N–H and O–H groups in total. The Morgan fingerprint density at radius 3 is 2.41 bits per heavy atom. The van der Waals surface area contributed by atoms with Crippen LogP contribution < -0.4 is 9.47 Å². The van der Waals surface area contributed by atoms with Gasteiger partial charge in [0.05, 0.1) is 7.11 Å². The summed E-state index contributed by atoms with van der Waals surface area (Å²) >= 11 is 0. The van der Waals surface area contributed by atoms with E-state index < -0.39 is 12.1 Å². The lowest BCUT2D eigenvalue weighted by Gasteiger charge is -2.13. The van der Waals surface area contributed by atoms with Gasteiger partial charge >= 0.3 is 5.97 Å². The number of carboxylic acid groups (broad SMARTS) is 1. The molecule has 0 amide bonds. The minimum absolute atomic E-state index is 0. The SMILES string of the molecule is COc1ccc(C(O)C(=O)O)cc1OCc1ccccc1.I. The highest BCUT2D eigenvalue weighted by molar-refractivity contribution is 14.0. The van der Waals surface area contributed by atoms with Crippen molar-refractivity contribution in [2.24, 2.45) is 0 Å². The summed E-state index contributed by atoms with van der Waals surface area (Å²) in [5, 5.41) is 18.4. The zero-order chi connectivity index (χ0) is 15.2. The summed E-state index contributed by atoms with van der Waals surface area (Å²) in [6.07, 6.45) is -1.59. The number of methoxy groups -OCH3 is 1. The third-order valence-electron chi connectivity index (χ3n) is 2.97. The Balaban J connectivity index is 0.00000242. The average molecular weight is 416 g/mol. The Bertz CT molecular complexity index is 615. The van der Waals surface area contributed by atoms with E-state index in [1.54, 1.807) is 6.07 Å². The Kier molecular flexibility index (Phi) is 7.13. The van der Waals surface area contributed by atoms with Crippen molar-refractivity contribution in [2.45, 2.75) is 12.7 Å². The Hall–Kier alpha value is -1.80. The number of ether oxygens (including phenoxy) is 2. The molecule has 2 aromatic carbocycles. The zero-order valence-electron chi connectivity index (χ0n) is 11.9. The van der Waals surface area contributed by atoms with Crippen molar-refractivity contribution in [1.82, 2.24) is 0 Å². The Labute approximate surface area is 145 Å². The molecule has 1 atom stereocenters. The lowest BCUT2D eigenvalue weighted by Crippen LogP contribution is -2.10. The number of hydrogen-bond donors (Lipinski definition) is 2. The molecule has 6 heteroatoms. The van der Waals surface area contributed by atoms with Crippen LogP contribution in [0, 0.1) is 0 Å². The average Bonchev–Trinajstić information content (AvgIpc) is 2.52. The van der Waals surface area contributed by atoms with E-state index >= 15 is 0 Å². The molecule has 0 radical (unpaired) electrons. The van der Waals surface area contributed by atoms with Crippen LogP contribution in [-0.2, 0) is 11.4 Å². The lowest BCUT2D eigenvalue weighted by molar-refractivity contribution is -0.146. The van der Waals surface area contributed by atoms with E-state index in [-0.39, 0.29) is 29.5 Å². The van der Waals surface area contributed by atoms with Gasteiger partial charge in [0, 0.05) is 0 Å². The van der Waals surface area contributed by atoms with Crippen molar-refractivity contribution < 1.29 is 24.5 Å². The fraction of sp³-hybridized carbons (Fsp3) is 0.188. The number of rotatable bonds is 6. The van der Waals surface area contributed by atoms with Crippen LogP contribution in [0.2, 0.25) is 0 Å². The van der Waals surface area contributed by atoms with E-state index in [9.17, 15) is 9.90 Å². The Morgan fingerprint density at radius 1 is 1.14 bits per heavy atom. The first-order valence-corrected chi connectivity index (χ1v) is 6.37. The number of aliphatic carboxylic acids is 1. The van der Waals surface area contributed by atoms with Crippen molar-refractivity contribution in [3.05, 3.63) is 59.7 Å². The monoisotopic (exact) mass is 416 g/mol. The van der Waals surface area contributed by atoms with Gasteiger partial charge in [0.15, 0.2) is 17.6 Å². The van der Waals surface area contributed by atoms with Gasteiger partial charge in [-0.1, -0.05) is 36.4 Å². The normalized spacial score (nSPS) is 11.2. The van der Waals surface area contributed by atoms with Crippen molar-refractivity contribution in [2.75, 3.05) is 7.11 Å². The van der Waals surface area contributed by atoms with Crippen molar-refractivity contribution in [3.8, 4) is 11.5 Å². The maximum atomic E-state index is 10.8. The molecule has 0 aliphatic heterocycles. The second-order valence-corrected chi connectivity index (χ2v) is 4.43. The summed E-state index contributed by atoms with van der Waals surface area (Å²) < 4.78 is 10.8. The molecule has 0 spiro atoms. The summed E-state index contributed by atoms with van der Waals surface area (Å²) in [7, 11) is 1.50. The van der Waals surface area contributed by atoms with Crippen LogP contribution in [-0.4, -0.2) is 23.3 Å². The molecule has 0 saturated heterocycles. The lowest BCUT2D eigenvalue weighted by atomic mass is 10.1. The van der Waals surface area contributed by atoms with E-state index in [4.69, 9.17) is 14.6 Å². The highest BCUT2D eigenvalue weighted by Gasteiger charge is 2.18. The van der Waals surface area contributed by atoms with Gasteiger partial charge in [0.25, 0.3) is 0 Å². The molecule has 22 heavy (non-hydrogen) atoms. The maximum Gasteiger partial charge on any atom is 0.337 e. The van der Waals surface area contributed by atoms with Gasteiger partial charge < -0.3 is 19.7 Å². The van der Waals surface area contributed by atoms with Gasteiger partial charge in [-0.2, -0.15) is 0 Å². The number of aliphatic hydroxyl groups is 1. The molecule has 0 aliphatic rings. The van der Waals surface area contributed by atoms with E-state index in [0.717, 1.165) is 5.56 Å². The fourth-order valence-electron chi connectivity index (χ4n) is 1.85. The number of benzene rings is 2. The number of halogens is 1. The van der Waals surface area contributed by atoms with E-state index in [2.05, 4.69) is 0 Å². The topological polar surface area (TPSA) is 76.0 Å². The van der Waals surface area contributed by atoms with E-state index in [1.807, 2.05) is 30.3 Å². The van der Waals surface area contributed by atoms with Gasteiger partial charge in [-0.25, -0.2) is 4.79 Å². The molecule has 0 heterocycles. The number of carboxylic acids is 1. The van der Waals surface area contributed by atoms with Gasteiger partial charge in [-0.15, -0.1) is 24.0 Å². The van der Waals surface area contributed by atoms with Crippen molar-refractivity contribution in [1.29, 1.82) is 0 Å². The van der Waals surface area contributed by atoms with Crippen LogP contribution in [0.5, 0.6) is 11.5 Å². The summed E-state index contributed by atoms with van der Waals surface area (Å²) in [6, 6.07) is 14.1. The molecule has 2 rings (SSSR count). The van der Waals surface area contributed by atoms with Crippen LogP contribution in [0.25, 0.3) is 0 Å². The van der Waals surface area contributed by atoms with E-state index in [0.29, 0.717) is 18.1 Å². The third-order valence-corrected chi connectivity index (χ3v) is 2.97. The van der Waals surface area contributed by atoms with Crippen LogP contribution in [0.4, 0.5) is 0 Å². The largest absolute Gasteiger partial charge is 0.493 e. The quantitative estimate of drug-likeness (QED) is 0.709. The number of hydrogen-bond acceptors (Lipinski definition) is 4. The number of aliphatic hydroxyl groups excluding tert-OH is 1. The molecule has 0 aromatic heterocycles. The predicted molar refractivity (Wildman–Crippen MR) is 91.8 cm³/mol. The van der Waals surface area contributed by atoms with Gasteiger partial charge in [-0.3, -0.25) is 0 Å². The molecular formula is C16H17IO5. The van der Waals surface area contributed by atoms with Crippen LogP contribution >= 0.6 is 24.0 Å². The van der Waals surface area contributed by atoms with Crippen molar-refractivity contribution >= 4 is 29.9 Å². The molecule has 0 aliphatic carbocycles. The minimum Gasteiger partial charge on any atom is -0.493 e. The standard InChI is InChI=1S/C16H16O5.HI/c1-20-13-8-7-12(15(17)16(18)19)9-14(13)21-10-11-5-3-2-4-6-11;/h2-9,15,17H,10H2,1H3,(H,18,19);1H. The second-order valence-electron chi connectivity index (χ2n) is 4.43. The molecule has 5 nitrogen and oxygen atoms in total. The summed E-state index contributed by atoms with van der Waals surface area (Å²) in [5.41, 5.74) is 1.22. The molecule has 2 aromatic rings. The molecule has 0 saturated carbocycles. The predicted octanol–water partition coefficient (Wildman–Crippen LogP) is 3.01. The second kappa shape index (κ2) is 8.60. The summed E-state index contributed by atoms with van der Waals surface area (Å²) in [5.74, 6) is -0.444. The number of carbonyl (C=O) groups is 1. The third kappa shape index (κ3) is 4.60. The smallest absolute Gasteiger partial charge is 0.337 e. The molecule has 1 unspecified atom stereocenters. The first-order chi connectivity index (χ1) is 10.1. The van der Waals surface area contributed by atoms with Gasteiger partial charge in [0.1, 0.15) is 6.61 Å². The Morgan fingerprint density at radius 2 is 1.82 bits per heavy atom. The highest BCUT2D eigenvalue weighted by atomic mass is 127. The van der Waals surface area contributed by atoms with E-state index in [1.165, 1.54) is 19.2 Å². The maximum absolute atomic E-state index is 10.8. The minimum atomic E-state index is -1.59.